The Balaban J connectivity index is 3.19. The fraction of sp³-hybridized carbons (Fsp3) is 0.545. The summed E-state index contributed by atoms with van der Waals surface area (Å²) in [7, 11) is 0. The Hall–Kier alpha value is -1.26. The normalized spacial score (nSPS) is 12.9. The van der Waals surface area contributed by atoms with E-state index in [1.807, 2.05) is 20.8 Å². The van der Waals surface area contributed by atoms with Crippen LogP contribution in [0.1, 0.15) is 32.0 Å². The molecule has 0 aliphatic rings. The van der Waals surface area contributed by atoms with E-state index in [4.69, 9.17) is 5.73 Å². The van der Waals surface area contributed by atoms with Gasteiger partial charge < -0.3 is 5.73 Å². The third kappa shape index (κ3) is 3.40. The first-order valence-corrected chi connectivity index (χ1v) is 4.92. The molecule has 0 aliphatic heterocycles. The van der Waals surface area contributed by atoms with Crippen LogP contribution in [0.3, 0.4) is 0 Å². The third-order valence-corrected chi connectivity index (χ3v) is 2.10. The summed E-state index contributed by atoms with van der Waals surface area (Å²) < 4.78 is 37.1. The van der Waals surface area contributed by atoms with Gasteiger partial charge >= 0.3 is 6.18 Å². The van der Waals surface area contributed by atoms with Crippen LogP contribution in [-0.4, -0.2) is 11.2 Å². The molecule has 0 amide bonds. The van der Waals surface area contributed by atoms with Crippen LogP contribution in [0.5, 0.6) is 0 Å². The number of anilines is 1. The molecule has 0 atom stereocenters. The number of nitrogens with zero attached hydrogens (tertiary/aromatic N) is 1. The zero-order valence-corrected chi connectivity index (χ0v) is 9.52. The molecule has 90 valence electrons. The van der Waals surface area contributed by atoms with Gasteiger partial charge in [0.15, 0.2) is 0 Å². The van der Waals surface area contributed by atoms with Crippen LogP contribution in [0.25, 0.3) is 0 Å². The van der Waals surface area contributed by atoms with Gasteiger partial charge in [0, 0.05) is 5.41 Å². The highest BCUT2D eigenvalue weighted by molar-refractivity contribution is 5.37. The highest BCUT2D eigenvalue weighted by Gasteiger charge is 2.31. The Kier molecular flexibility index (Phi) is 3.17. The van der Waals surface area contributed by atoms with Crippen molar-refractivity contribution < 1.29 is 13.2 Å². The van der Waals surface area contributed by atoms with Gasteiger partial charge in [-0.3, -0.25) is 0 Å². The highest BCUT2D eigenvalue weighted by atomic mass is 19.4. The summed E-state index contributed by atoms with van der Waals surface area (Å²) in [4.78, 5) is 4.01. The van der Waals surface area contributed by atoms with E-state index >= 15 is 0 Å². The Labute approximate surface area is 92.7 Å². The third-order valence-electron chi connectivity index (χ3n) is 2.10. The maximum absolute atomic E-state index is 12.4. The Bertz CT molecular complexity index is 378. The van der Waals surface area contributed by atoms with E-state index in [2.05, 4.69) is 4.98 Å². The van der Waals surface area contributed by atoms with E-state index in [0.717, 1.165) is 0 Å². The van der Waals surface area contributed by atoms with Crippen molar-refractivity contribution in [3.8, 4) is 0 Å². The van der Waals surface area contributed by atoms with E-state index in [9.17, 15) is 13.2 Å². The molecule has 1 heterocycles. The van der Waals surface area contributed by atoms with Crippen molar-refractivity contribution in [2.24, 2.45) is 0 Å². The Morgan fingerprint density at radius 3 is 2.19 bits per heavy atom. The summed E-state index contributed by atoms with van der Waals surface area (Å²) in [5.74, 6) is 0.246. The molecule has 1 rings (SSSR count). The van der Waals surface area contributed by atoms with Crippen LogP contribution in [0.15, 0.2) is 12.1 Å². The lowest BCUT2D eigenvalue weighted by Gasteiger charge is -2.22. The van der Waals surface area contributed by atoms with Gasteiger partial charge in [-0.1, -0.05) is 26.8 Å². The number of alkyl halides is 3. The highest BCUT2D eigenvalue weighted by Crippen LogP contribution is 2.29. The summed E-state index contributed by atoms with van der Waals surface area (Å²) in [6.45, 7) is 5.44. The molecule has 0 saturated heterocycles. The number of aromatic nitrogens is 1. The number of hydrogen-bond acceptors (Lipinski definition) is 2. The first-order valence-electron chi connectivity index (χ1n) is 4.92. The molecule has 1 aromatic rings. The molecule has 0 bridgehead atoms. The van der Waals surface area contributed by atoms with E-state index in [-0.39, 0.29) is 11.4 Å². The van der Waals surface area contributed by atoms with Gasteiger partial charge in [-0.2, -0.15) is 13.2 Å². The zero-order valence-electron chi connectivity index (χ0n) is 9.52. The van der Waals surface area contributed by atoms with Crippen molar-refractivity contribution in [1.29, 1.82) is 0 Å². The molecule has 5 heteroatoms. The monoisotopic (exact) mass is 232 g/mol. The van der Waals surface area contributed by atoms with Crippen LogP contribution in [-0.2, 0) is 11.8 Å². The largest absolute Gasteiger partial charge is 0.393 e. The Morgan fingerprint density at radius 2 is 1.75 bits per heavy atom. The average Bonchev–Trinajstić information content (AvgIpc) is 2.04. The minimum absolute atomic E-state index is 0.189. The van der Waals surface area contributed by atoms with Crippen LogP contribution < -0.4 is 5.73 Å². The average molecular weight is 232 g/mol. The SMILES string of the molecule is CC(C)(C)c1nc(N)ccc1CC(F)(F)F. The summed E-state index contributed by atoms with van der Waals surface area (Å²) in [6, 6.07) is 2.80. The second kappa shape index (κ2) is 3.96. The molecular formula is C11H15F3N2. The van der Waals surface area contributed by atoms with Crippen LogP contribution in [0, 0.1) is 0 Å². The topological polar surface area (TPSA) is 38.9 Å². The van der Waals surface area contributed by atoms with Crippen LogP contribution in [0.4, 0.5) is 19.0 Å². The van der Waals surface area contributed by atoms with E-state index in [1.54, 1.807) is 0 Å². The Morgan fingerprint density at radius 1 is 1.19 bits per heavy atom. The van der Waals surface area contributed by atoms with Crippen molar-refractivity contribution in [2.75, 3.05) is 5.73 Å². The lowest BCUT2D eigenvalue weighted by Crippen LogP contribution is -2.21. The predicted molar refractivity (Wildman–Crippen MR) is 57.1 cm³/mol. The van der Waals surface area contributed by atoms with Crippen LogP contribution >= 0.6 is 0 Å². The summed E-state index contributed by atoms with van der Waals surface area (Å²) in [5, 5.41) is 0. The van der Waals surface area contributed by atoms with Gasteiger partial charge in [0.1, 0.15) is 5.82 Å². The summed E-state index contributed by atoms with van der Waals surface area (Å²) >= 11 is 0. The standard InChI is InChI=1S/C11H15F3N2/c1-10(2,3)9-7(6-11(12,13)14)4-5-8(15)16-9/h4-5H,6H2,1-3H3,(H2,15,16). The lowest BCUT2D eigenvalue weighted by molar-refractivity contribution is -0.127. The number of nitrogen functional groups attached to an aromatic ring is 1. The molecular weight excluding hydrogens is 217 g/mol. The van der Waals surface area contributed by atoms with E-state index in [1.165, 1.54) is 12.1 Å². The zero-order chi connectivity index (χ0) is 12.6. The van der Waals surface area contributed by atoms with Gasteiger partial charge in [-0.05, 0) is 11.6 Å². The molecule has 0 saturated carbocycles. The predicted octanol–water partition coefficient (Wildman–Crippen LogP) is 3.07. The van der Waals surface area contributed by atoms with Crippen molar-refractivity contribution in [3.63, 3.8) is 0 Å². The minimum Gasteiger partial charge on any atom is -0.384 e. The molecule has 0 radical (unpaired) electrons. The maximum atomic E-state index is 12.4. The van der Waals surface area contributed by atoms with Crippen molar-refractivity contribution in [2.45, 2.75) is 38.8 Å². The number of hydrogen-bond donors (Lipinski definition) is 1. The van der Waals surface area contributed by atoms with E-state index in [0.29, 0.717) is 5.69 Å². The van der Waals surface area contributed by atoms with Crippen molar-refractivity contribution >= 4 is 5.82 Å². The molecule has 1 aromatic heterocycles. The fourth-order valence-corrected chi connectivity index (χ4v) is 1.51. The van der Waals surface area contributed by atoms with Gasteiger partial charge in [-0.25, -0.2) is 4.98 Å². The van der Waals surface area contributed by atoms with Gasteiger partial charge in [0.05, 0.1) is 12.1 Å². The number of halogens is 3. The van der Waals surface area contributed by atoms with Gasteiger partial charge in [0.2, 0.25) is 0 Å². The van der Waals surface area contributed by atoms with Gasteiger partial charge in [-0.15, -0.1) is 0 Å². The van der Waals surface area contributed by atoms with Gasteiger partial charge in [0.25, 0.3) is 0 Å². The first kappa shape index (κ1) is 12.8. The minimum atomic E-state index is -4.22. The molecule has 2 N–H and O–H groups in total. The van der Waals surface area contributed by atoms with Crippen molar-refractivity contribution in [3.05, 3.63) is 23.4 Å². The molecule has 2 nitrogen and oxygen atoms in total. The second-order valence-electron chi connectivity index (χ2n) is 4.79. The molecule has 0 unspecified atom stereocenters. The molecule has 0 spiro atoms. The van der Waals surface area contributed by atoms with E-state index < -0.39 is 18.0 Å². The summed E-state index contributed by atoms with van der Waals surface area (Å²) in [5.41, 5.74) is 5.64. The molecule has 0 fully saturated rings. The number of rotatable bonds is 1. The molecule has 0 aromatic carbocycles. The smallest absolute Gasteiger partial charge is 0.384 e. The fourth-order valence-electron chi connectivity index (χ4n) is 1.51. The quantitative estimate of drug-likeness (QED) is 0.808. The lowest BCUT2D eigenvalue weighted by atomic mass is 9.87. The molecule has 16 heavy (non-hydrogen) atoms. The summed E-state index contributed by atoms with van der Waals surface area (Å²) in [6.07, 6.45) is -5.19. The second-order valence-corrected chi connectivity index (χ2v) is 4.79. The maximum Gasteiger partial charge on any atom is 0.393 e. The van der Waals surface area contributed by atoms with Crippen molar-refractivity contribution in [1.82, 2.24) is 4.98 Å². The van der Waals surface area contributed by atoms with Crippen LogP contribution in [0.2, 0.25) is 0 Å². The first-order chi connectivity index (χ1) is 7.09. The molecule has 0 aliphatic carbocycles. The number of nitrogens with two attached hydrogens (primary N) is 1. The number of pyridine rings is 1.